The van der Waals surface area contributed by atoms with Gasteiger partial charge in [-0.3, -0.25) is 4.55 Å². The number of halogens is 2. The number of rotatable bonds is 13. The van der Waals surface area contributed by atoms with Crippen molar-refractivity contribution in [2.24, 2.45) is 0 Å². The smallest absolute Gasteiger partial charge is 0.336 e. The Kier molecular flexibility index (Phi) is 11.1. The van der Waals surface area contributed by atoms with E-state index in [4.69, 9.17) is 27.9 Å². The average molecular weight is 646 g/mol. The molecule has 8 N–H and O–H groups in total. The van der Waals surface area contributed by atoms with Crippen molar-refractivity contribution in [3.63, 3.8) is 0 Å². The number of aliphatic hydroxyl groups is 5. The highest BCUT2D eigenvalue weighted by Gasteiger charge is 2.48. The predicted octanol–water partition coefficient (Wildman–Crippen LogP) is -1.87. The van der Waals surface area contributed by atoms with E-state index < -0.39 is 107 Å². The van der Waals surface area contributed by atoms with E-state index in [0.29, 0.717) is 0 Å². The van der Waals surface area contributed by atoms with Gasteiger partial charge in [0.05, 0.1) is 12.7 Å². The Morgan fingerprint density at radius 1 is 1.19 bits per heavy atom. The molecule has 20 heteroatoms. The van der Waals surface area contributed by atoms with E-state index in [-0.39, 0.29) is 10.9 Å². The Labute approximate surface area is 240 Å². The van der Waals surface area contributed by atoms with Gasteiger partial charge >= 0.3 is 21.9 Å². The third-order valence-electron chi connectivity index (χ3n) is 6.29. The number of aliphatic hydroxyl groups excluding tert-OH is 4. The Morgan fingerprint density at radius 3 is 2.37 bits per heavy atom. The predicted molar refractivity (Wildman–Crippen MR) is 134 cm³/mol. The van der Waals surface area contributed by atoms with Gasteiger partial charge in [0, 0.05) is 11.5 Å². The van der Waals surface area contributed by atoms with Gasteiger partial charge < -0.3 is 54.0 Å². The van der Waals surface area contributed by atoms with Crippen LogP contribution in [0.4, 0.5) is 8.78 Å². The average Bonchev–Trinajstić information content (AvgIpc) is 2.88. The van der Waals surface area contributed by atoms with Crippen molar-refractivity contribution in [3.8, 4) is 5.75 Å². The molecule has 0 saturated carbocycles. The van der Waals surface area contributed by atoms with Crippen LogP contribution in [0.15, 0.2) is 27.4 Å². The maximum absolute atomic E-state index is 14.1. The fourth-order valence-electron chi connectivity index (χ4n) is 4.27. The molecule has 2 heterocycles. The molecule has 1 saturated heterocycles. The summed E-state index contributed by atoms with van der Waals surface area (Å²) in [4.78, 5) is 23.9. The molecule has 3 rings (SSSR count). The first kappa shape index (κ1) is 34.6. The second kappa shape index (κ2) is 13.8. The lowest BCUT2D eigenvalue weighted by atomic mass is 9.97. The van der Waals surface area contributed by atoms with Crippen molar-refractivity contribution in [2.45, 2.75) is 75.7 Å². The van der Waals surface area contributed by atoms with E-state index >= 15 is 0 Å². The number of aliphatic carboxylic acids is 1. The summed E-state index contributed by atoms with van der Waals surface area (Å²) >= 11 is 0. The second-order valence-corrected chi connectivity index (χ2v) is 10.6. The maximum Gasteiger partial charge on any atom is 0.336 e. The summed E-state index contributed by atoms with van der Waals surface area (Å²) in [7, 11) is -5.07. The number of nitrogens with one attached hydrogen (secondary N) is 1. The number of alkyl halides is 2. The number of carboxylic acids is 1. The summed E-state index contributed by atoms with van der Waals surface area (Å²) < 4.78 is 87.4. The zero-order valence-electron chi connectivity index (χ0n) is 22.2. The quantitative estimate of drug-likeness (QED) is 0.0673. The first-order valence-corrected chi connectivity index (χ1v) is 13.7. The van der Waals surface area contributed by atoms with Crippen LogP contribution >= 0.6 is 0 Å². The molecule has 1 aromatic carbocycles. The third kappa shape index (κ3) is 8.19. The lowest BCUT2D eigenvalue weighted by molar-refractivity contribution is -0.298. The van der Waals surface area contributed by atoms with E-state index in [1.165, 1.54) is 17.7 Å². The van der Waals surface area contributed by atoms with Crippen molar-refractivity contribution in [1.82, 2.24) is 4.72 Å². The Balaban J connectivity index is 1.91. The van der Waals surface area contributed by atoms with Gasteiger partial charge in [0.1, 0.15) is 35.7 Å². The Morgan fingerprint density at radius 2 is 1.84 bits per heavy atom. The summed E-state index contributed by atoms with van der Waals surface area (Å²) in [5.41, 5.74) is -2.26. The van der Waals surface area contributed by atoms with E-state index in [0.717, 1.165) is 19.1 Å². The largest absolute Gasteiger partial charge is 0.479 e. The highest BCUT2D eigenvalue weighted by Crippen LogP contribution is 2.37. The van der Waals surface area contributed by atoms with Gasteiger partial charge in [-0.2, -0.15) is 13.1 Å². The monoisotopic (exact) mass is 645 g/mol. The van der Waals surface area contributed by atoms with Gasteiger partial charge in [-0.05, 0) is 31.5 Å². The fraction of sp³-hybridized carbons (Fsp3) is 0.565. The summed E-state index contributed by atoms with van der Waals surface area (Å²) in [5.74, 6) is -2.63. The normalized spacial score (nSPS) is 25.2. The summed E-state index contributed by atoms with van der Waals surface area (Å²) in [5, 5.41) is 59.3. The van der Waals surface area contributed by atoms with Crippen molar-refractivity contribution < 1.29 is 80.5 Å². The highest BCUT2D eigenvalue weighted by atomic mass is 32.2. The summed E-state index contributed by atoms with van der Waals surface area (Å²) in [6.45, 7) is 1.52. The van der Waals surface area contributed by atoms with Gasteiger partial charge in [0.15, 0.2) is 18.0 Å². The van der Waals surface area contributed by atoms with E-state index in [9.17, 15) is 57.4 Å². The number of aryl methyl sites for hydroxylation is 1. The van der Waals surface area contributed by atoms with Crippen LogP contribution in [0.3, 0.4) is 0 Å². The number of hydrogen-bond donors (Lipinski definition) is 8. The lowest BCUT2D eigenvalue weighted by Gasteiger charge is -2.43. The molecule has 0 spiro atoms. The van der Waals surface area contributed by atoms with Crippen LogP contribution in [-0.2, 0) is 29.3 Å². The molecule has 1 aliphatic rings. The highest BCUT2D eigenvalue weighted by molar-refractivity contribution is 7.83. The molecule has 2 aromatic rings. The Bertz CT molecular complexity index is 1450. The minimum atomic E-state index is -5.07. The zero-order valence-corrected chi connectivity index (χ0v) is 23.0. The molecule has 1 aromatic heterocycles. The molecular weight excluding hydrogens is 616 g/mol. The van der Waals surface area contributed by atoms with E-state index in [2.05, 4.69) is 0 Å². The second-order valence-electron chi connectivity index (χ2n) is 9.36. The van der Waals surface area contributed by atoms with Crippen LogP contribution < -0.4 is 15.1 Å². The molecule has 0 aliphatic carbocycles. The van der Waals surface area contributed by atoms with Crippen LogP contribution in [0, 0.1) is 6.92 Å². The molecule has 0 bridgehead atoms. The van der Waals surface area contributed by atoms with Crippen LogP contribution in [0.25, 0.3) is 11.0 Å². The molecule has 17 nitrogen and oxygen atoms in total. The molecule has 242 valence electrons. The van der Waals surface area contributed by atoms with Crippen LogP contribution in [0.5, 0.6) is 5.75 Å². The number of carbonyl (C=O) groups is 1. The topological polar surface area (TPSA) is 272 Å². The number of fused-ring (bicyclic) bond motifs is 1. The first-order chi connectivity index (χ1) is 19.9. The minimum absolute atomic E-state index is 0.101. The van der Waals surface area contributed by atoms with Crippen molar-refractivity contribution >= 4 is 27.2 Å². The molecule has 7 unspecified atom stereocenters. The number of hydrogen-bond acceptors (Lipinski definition) is 14. The fourth-order valence-corrected chi connectivity index (χ4v) is 4.87. The molecule has 1 fully saturated rings. The van der Waals surface area contributed by atoms with Gasteiger partial charge in [0.25, 0.3) is 12.7 Å². The zero-order chi connectivity index (χ0) is 32.4. The van der Waals surface area contributed by atoms with Crippen molar-refractivity contribution in [3.05, 3.63) is 39.7 Å². The van der Waals surface area contributed by atoms with E-state index in [1.54, 1.807) is 0 Å². The number of carboxylic acid groups (broad SMARTS) is 1. The Hall–Kier alpha value is -2.89. The van der Waals surface area contributed by atoms with Crippen LogP contribution in [-0.4, -0.2) is 112 Å². The summed E-state index contributed by atoms with van der Waals surface area (Å²) in [6, 6.07) is 1.27. The first-order valence-electron chi connectivity index (χ1n) is 12.2. The number of benzene rings is 1. The van der Waals surface area contributed by atoms with Crippen molar-refractivity contribution in [2.75, 3.05) is 6.61 Å². The van der Waals surface area contributed by atoms with Crippen LogP contribution in [0.2, 0.25) is 0 Å². The third-order valence-corrected chi connectivity index (χ3v) is 6.86. The molecule has 8 atom stereocenters. The molecule has 0 radical (unpaired) electrons. The van der Waals surface area contributed by atoms with Gasteiger partial charge in [0.2, 0.25) is 6.29 Å². The van der Waals surface area contributed by atoms with E-state index in [1.807, 2.05) is 0 Å². The molecular formula is C23H29F2NO16S. The number of ether oxygens (including phenoxy) is 4. The van der Waals surface area contributed by atoms with Gasteiger partial charge in [-0.25, -0.2) is 18.4 Å². The van der Waals surface area contributed by atoms with Crippen molar-refractivity contribution in [1.29, 1.82) is 0 Å². The van der Waals surface area contributed by atoms with Crippen LogP contribution in [0.1, 0.15) is 24.5 Å². The summed E-state index contributed by atoms with van der Waals surface area (Å²) in [6.07, 6.45) is -20.0. The molecule has 0 amide bonds. The SMILES string of the molecule is Cc1cc(=O)oc2c(C(F)F)c(OC(OC(C(=O)O)[C@H](C)OC3OC(CO)C(O)C(O)C3NS(=O)(=O)O)C(O)O)ccc12. The molecule has 1 aliphatic heterocycles. The van der Waals surface area contributed by atoms with Gasteiger partial charge in [-0.15, -0.1) is 0 Å². The van der Waals surface area contributed by atoms with Gasteiger partial charge in [-0.1, -0.05) is 0 Å². The maximum atomic E-state index is 14.1. The standard InChI is InChI=1S/C23H29F2NO16S/c1-7-5-12(28)41-18-9(7)3-4-10(13(18)19(24)25)39-23(21(33)34)42-17(20(31)32)8(2)38-22-14(26-43(35,36)37)16(30)15(29)11(6-27)40-22/h3-5,8,11,14-17,19,21-23,26-27,29-30,33-34H,6H2,1-2H3,(H,31,32)(H,35,36,37)/t8-,11?,14?,15?,16?,17?,22?,23?/m0/s1. The minimum Gasteiger partial charge on any atom is -0.479 e. The lowest BCUT2D eigenvalue weighted by Crippen LogP contribution is -2.65. The molecule has 43 heavy (non-hydrogen) atoms.